The first kappa shape index (κ1) is 9.53. The smallest absolute Gasteiger partial charge is 0.119 e. The molecule has 14 heavy (non-hydrogen) atoms. The summed E-state index contributed by atoms with van der Waals surface area (Å²) in [7, 11) is 1.66. The highest BCUT2D eigenvalue weighted by Crippen LogP contribution is 2.31. The highest BCUT2D eigenvalue weighted by Gasteiger charge is 2.16. The van der Waals surface area contributed by atoms with Crippen LogP contribution in [0.5, 0.6) is 5.75 Å². The molecule has 76 valence electrons. The highest BCUT2D eigenvalue weighted by molar-refractivity contribution is 5.37. The molecule has 1 aliphatic rings. The Morgan fingerprint density at radius 1 is 1.36 bits per heavy atom. The minimum Gasteiger partial charge on any atom is -0.497 e. The first-order valence-electron chi connectivity index (χ1n) is 5.16. The molecule has 1 aromatic rings. The van der Waals surface area contributed by atoms with Crippen LogP contribution in [-0.2, 0) is 6.42 Å². The molecule has 0 unspecified atom stereocenters. The van der Waals surface area contributed by atoms with Crippen LogP contribution in [0, 0.1) is 0 Å². The van der Waals surface area contributed by atoms with Crippen LogP contribution < -0.4 is 4.74 Å². The number of benzene rings is 1. The van der Waals surface area contributed by atoms with Crippen LogP contribution in [0.1, 0.15) is 36.5 Å². The van der Waals surface area contributed by atoms with Crippen LogP contribution in [-0.4, -0.2) is 12.2 Å². The molecule has 2 rings (SSSR count). The first-order chi connectivity index (χ1) is 6.81. The Morgan fingerprint density at radius 2 is 2.21 bits per heavy atom. The van der Waals surface area contributed by atoms with Gasteiger partial charge in [-0.05, 0) is 42.5 Å². The molecule has 2 nitrogen and oxygen atoms in total. The molecule has 0 radical (unpaired) electrons. The largest absolute Gasteiger partial charge is 0.497 e. The van der Waals surface area contributed by atoms with Crippen molar-refractivity contribution < 1.29 is 9.84 Å². The molecule has 0 bridgehead atoms. The van der Waals surface area contributed by atoms with Gasteiger partial charge in [0.1, 0.15) is 5.75 Å². The summed E-state index contributed by atoms with van der Waals surface area (Å²) >= 11 is 0. The predicted molar refractivity (Wildman–Crippen MR) is 55.5 cm³/mol. The Balaban J connectivity index is 2.39. The average molecular weight is 192 g/mol. The molecule has 1 N–H and O–H groups in total. The molecule has 2 heteroatoms. The van der Waals surface area contributed by atoms with Crippen molar-refractivity contribution >= 4 is 0 Å². The lowest BCUT2D eigenvalue weighted by Gasteiger charge is -2.12. The summed E-state index contributed by atoms with van der Waals surface area (Å²) in [6, 6.07) is 6.00. The van der Waals surface area contributed by atoms with Crippen LogP contribution in [0.2, 0.25) is 0 Å². The van der Waals surface area contributed by atoms with Gasteiger partial charge in [-0.1, -0.05) is 12.5 Å². The van der Waals surface area contributed by atoms with Gasteiger partial charge >= 0.3 is 0 Å². The number of methoxy groups -OCH3 is 1. The monoisotopic (exact) mass is 192 g/mol. The van der Waals surface area contributed by atoms with Crippen molar-refractivity contribution in [1.82, 2.24) is 0 Å². The third-order valence-electron chi connectivity index (χ3n) is 2.89. The molecule has 0 saturated carbocycles. The zero-order chi connectivity index (χ0) is 9.97. The van der Waals surface area contributed by atoms with Crippen molar-refractivity contribution in [2.45, 2.75) is 31.8 Å². The molecule has 0 saturated heterocycles. The Kier molecular flexibility index (Phi) is 2.73. The van der Waals surface area contributed by atoms with Crippen LogP contribution in [0.4, 0.5) is 0 Å². The van der Waals surface area contributed by atoms with Crippen molar-refractivity contribution in [3.63, 3.8) is 0 Å². The van der Waals surface area contributed by atoms with Crippen LogP contribution >= 0.6 is 0 Å². The van der Waals surface area contributed by atoms with Gasteiger partial charge in [0.2, 0.25) is 0 Å². The van der Waals surface area contributed by atoms with E-state index in [9.17, 15) is 5.11 Å². The van der Waals surface area contributed by atoms with Crippen molar-refractivity contribution in [3.05, 3.63) is 29.3 Å². The second-order valence-corrected chi connectivity index (χ2v) is 3.83. The summed E-state index contributed by atoms with van der Waals surface area (Å²) in [5, 5.41) is 9.91. The van der Waals surface area contributed by atoms with E-state index in [0.29, 0.717) is 0 Å². The van der Waals surface area contributed by atoms with E-state index in [1.165, 1.54) is 12.0 Å². The quantitative estimate of drug-likeness (QED) is 0.692. The number of aliphatic hydroxyl groups is 1. The molecular formula is C12H16O2. The lowest BCUT2D eigenvalue weighted by Crippen LogP contribution is -1.99. The molecule has 1 aliphatic carbocycles. The number of hydrogen-bond donors (Lipinski definition) is 1. The van der Waals surface area contributed by atoms with Crippen molar-refractivity contribution in [2.24, 2.45) is 0 Å². The molecule has 1 atom stereocenters. The van der Waals surface area contributed by atoms with E-state index in [2.05, 4.69) is 6.07 Å². The van der Waals surface area contributed by atoms with Gasteiger partial charge in [-0.25, -0.2) is 0 Å². The zero-order valence-electron chi connectivity index (χ0n) is 8.49. The number of ether oxygens (including phenoxy) is 1. The Labute approximate surface area is 84.5 Å². The number of aliphatic hydroxyl groups excluding tert-OH is 1. The standard InChI is InChI=1S/C12H16O2/c1-14-10-7-6-9-4-2-3-5-12(13)11(9)8-10/h6-8,12-13H,2-5H2,1H3/t12-/m1/s1. The molecule has 0 fully saturated rings. The fraction of sp³-hybridized carbons (Fsp3) is 0.500. The maximum absolute atomic E-state index is 9.91. The minimum atomic E-state index is -0.303. The number of fused-ring (bicyclic) bond motifs is 1. The lowest BCUT2D eigenvalue weighted by atomic mass is 10.0. The van der Waals surface area contributed by atoms with Gasteiger partial charge in [0.15, 0.2) is 0 Å². The summed E-state index contributed by atoms with van der Waals surface area (Å²) in [5.74, 6) is 0.838. The molecule has 0 aliphatic heterocycles. The number of aryl methyl sites for hydroxylation is 1. The summed E-state index contributed by atoms with van der Waals surface area (Å²) in [4.78, 5) is 0. The number of hydrogen-bond acceptors (Lipinski definition) is 2. The molecular weight excluding hydrogens is 176 g/mol. The summed E-state index contributed by atoms with van der Waals surface area (Å²) in [6.07, 6.45) is 3.94. The first-order valence-corrected chi connectivity index (χ1v) is 5.16. The Bertz CT molecular complexity index is 320. The minimum absolute atomic E-state index is 0.303. The summed E-state index contributed by atoms with van der Waals surface area (Å²) in [5.41, 5.74) is 2.33. The van der Waals surface area contributed by atoms with Gasteiger partial charge in [0.05, 0.1) is 13.2 Å². The normalized spacial score (nSPS) is 21.1. The van der Waals surface area contributed by atoms with Crippen molar-refractivity contribution in [1.29, 1.82) is 0 Å². The van der Waals surface area contributed by atoms with Gasteiger partial charge in [-0.3, -0.25) is 0 Å². The predicted octanol–water partition coefficient (Wildman–Crippen LogP) is 2.46. The molecule has 0 amide bonds. The van der Waals surface area contributed by atoms with E-state index in [1.54, 1.807) is 7.11 Å². The fourth-order valence-electron chi connectivity index (χ4n) is 2.05. The highest BCUT2D eigenvalue weighted by atomic mass is 16.5. The van der Waals surface area contributed by atoms with E-state index in [4.69, 9.17) is 4.74 Å². The van der Waals surface area contributed by atoms with E-state index >= 15 is 0 Å². The average Bonchev–Trinajstić information content (AvgIpc) is 2.40. The van der Waals surface area contributed by atoms with E-state index in [-0.39, 0.29) is 6.10 Å². The molecule has 0 heterocycles. The third kappa shape index (κ3) is 1.75. The van der Waals surface area contributed by atoms with E-state index < -0.39 is 0 Å². The van der Waals surface area contributed by atoms with Gasteiger partial charge in [-0.2, -0.15) is 0 Å². The Morgan fingerprint density at radius 3 is 3.00 bits per heavy atom. The molecule has 0 spiro atoms. The van der Waals surface area contributed by atoms with E-state index in [0.717, 1.165) is 30.6 Å². The molecule has 0 aromatic heterocycles. The van der Waals surface area contributed by atoms with Crippen LogP contribution in [0.15, 0.2) is 18.2 Å². The SMILES string of the molecule is COc1ccc2c(c1)[C@H](O)CCCC2. The van der Waals surface area contributed by atoms with Crippen LogP contribution in [0.25, 0.3) is 0 Å². The van der Waals surface area contributed by atoms with Gasteiger partial charge in [-0.15, -0.1) is 0 Å². The maximum atomic E-state index is 9.91. The molecule has 1 aromatic carbocycles. The lowest BCUT2D eigenvalue weighted by molar-refractivity contribution is 0.166. The van der Waals surface area contributed by atoms with Crippen molar-refractivity contribution in [3.8, 4) is 5.75 Å². The third-order valence-corrected chi connectivity index (χ3v) is 2.89. The van der Waals surface area contributed by atoms with E-state index in [1.807, 2.05) is 12.1 Å². The topological polar surface area (TPSA) is 29.5 Å². The maximum Gasteiger partial charge on any atom is 0.119 e. The summed E-state index contributed by atoms with van der Waals surface area (Å²) < 4.78 is 5.16. The Hall–Kier alpha value is -1.02. The van der Waals surface area contributed by atoms with Gasteiger partial charge < -0.3 is 9.84 Å². The zero-order valence-corrected chi connectivity index (χ0v) is 8.49. The summed E-state index contributed by atoms with van der Waals surface area (Å²) in [6.45, 7) is 0. The number of rotatable bonds is 1. The fourth-order valence-corrected chi connectivity index (χ4v) is 2.05. The van der Waals surface area contributed by atoms with Crippen LogP contribution in [0.3, 0.4) is 0 Å². The van der Waals surface area contributed by atoms with Crippen molar-refractivity contribution in [2.75, 3.05) is 7.11 Å². The van der Waals surface area contributed by atoms with Gasteiger partial charge in [0.25, 0.3) is 0 Å². The van der Waals surface area contributed by atoms with Gasteiger partial charge in [0, 0.05) is 0 Å². The second-order valence-electron chi connectivity index (χ2n) is 3.83. The second kappa shape index (κ2) is 4.01.